The lowest BCUT2D eigenvalue weighted by molar-refractivity contribution is 0.102. The van der Waals surface area contributed by atoms with E-state index in [1.165, 1.54) is 0 Å². The number of allylic oxidation sites excluding steroid dienone is 1. The van der Waals surface area contributed by atoms with Crippen molar-refractivity contribution in [2.24, 2.45) is 0 Å². The number of carbonyl (C=O) groups excluding carboxylic acids is 1. The largest absolute Gasteiger partial charge is 0.289 e. The van der Waals surface area contributed by atoms with Crippen LogP contribution in [-0.4, -0.2) is 5.78 Å². The highest BCUT2D eigenvalue weighted by atomic mass is 19.3. The lowest BCUT2D eigenvalue weighted by Crippen LogP contribution is -2.04. The van der Waals surface area contributed by atoms with Crippen molar-refractivity contribution in [3.8, 4) is 0 Å². The summed E-state index contributed by atoms with van der Waals surface area (Å²) in [6.07, 6.45) is -0.321. The Morgan fingerprint density at radius 3 is 2.31 bits per heavy atom. The Bertz CT molecular complexity index is 378. The zero-order chi connectivity index (χ0) is 12.0. The van der Waals surface area contributed by atoms with Gasteiger partial charge in [-0.25, -0.2) is 0 Å². The second kappa shape index (κ2) is 6.16. The molecule has 0 fully saturated rings. The summed E-state index contributed by atoms with van der Waals surface area (Å²) in [7, 11) is 0. The van der Waals surface area contributed by atoms with Crippen molar-refractivity contribution in [1.82, 2.24) is 0 Å². The Labute approximate surface area is 93.8 Å². The van der Waals surface area contributed by atoms with E-state index in [9.17, 15) is 13.6 Å². The lowest BCUT2D eigenvalue weighted by atomic mass is 10.00. The second-order valence-corrected chi connectivity index (χ2v) is 3.54. The molecule has 0 aliphatic carbocycles. The van der Waals surface area contributed by atoms with Crippen LogP contribution in [0.4, 0.5) is 8.78 Å². The molecular weight excluding hydrogens is 210 g/mol. The number of halogens is 2. The topological polar surface area (TPSA) is 17.1 Å². The molecule has 1 rings (SSSR count). The zero-order valence-electron chi connectivity index (χ0n) is 9.17. The average molecular weight is 224 g/mol. The van der Waals surface area contributed by atoms with Crippen molar-refractivity contribution in [3.05, 3.63) is 47.5 Å². The quantitative estimate of drug-likeness (QED) is 0.541. The normalized spacial score (nSPS) is 9.94. The summed E-state index contributed by atoms with van der Waals surface area (Å²) in [6.45, 7) is 1.90. The van der Waals surface area contributed by atoms with E-state index in [1.807, 2.05) is 6.92 Å². The predicted molar refractivity (Wildman–Crippen MR) is 59.5 cm³/mol. The van der Waals surface area contributed by atoms with Crippen LogP contribution in [0, 0.1) is 0 Å². The molecule has 3 heteroatoms. The third-order valence-corrected chi connectivity index (χ3v) is 2.32. The van der Waals surface area contributed by atoms with Gasteiger partial charge in [-0.05, 0) is 12.8 Å². The molecular formula is C13H14F2O. The summed E-state index contributed by atoms with van der Waals surface area (Å²) in [5.41, 5.74) is -0.0329. The fourth-order valence-corrected chi connectivity index (χ4v) is 1.41. The SMILES string of the molecule is CCCCC(C(=O)c1ccccc1)=C(F)F. The first-order valence-corrected chi connectivity index (χ1v) is 5.30. The summed E-state index contributed by atoms with van der Waals surface area (Å²) < 4.78 is 25.2. The van der Waals surface area contributed by atoms with Gasteiger partial charge in [-0.3, -0.25) is 4.79 Å². The van der Waals surface area contributed by atoms with Crippen molar-refractivity contribution >= 4 is 5.78 Å². The molecule has 0 spiro atoms. The molecule has 1 aromatic rings. The van der Waals surface area contributed by atoms with Gasteiger partial charge in [0.15, 0.2) is 5.78 Å². The van der Waals surface area contributed by atoms with E-state index < -0.39 is 11.9 Å². The molecule has 0 aliphatic rings. The summed E-state index contributed by atoms with van der Waals surface area (Å²) in [5.74, 6) is -0.561. The van der Waals surface area contributed by atoms with Gasteiger partial charge >= 0.3 is 0 Å². The van der Waals surface area contributed by atoms with E-state index in [0.29, 0.717) is 12.0 Å². The maximum absolute atomic E-state index is 12.6. The molecule has 0 saturated heterocycles. The molecule has 0 aromatic heterocycles. The summed E-state index contributed by atoms with van der Waals surface area (Å²) >= 11 is 0. The highest BCUT2D eigenvalue weighted by Crippen LogP contribution is 2.20. The number of carbonyl (C=O) groups is 1. The fraction of sp³-hybridized carbons (Fsp3) is 0.308. The van der Waals surface area contributed by atoms with Crippen LogP contribution >= 0.6 is 0 Å². The minimum atomic E-state index is -1.86. The lowest BCUT2D eigenvalue weighted by Gasteiger charge is -2.04. The standard InChI is InChI=1S/C13H14F2O/c1-2-3-9-11(13(14)15)12(16)10-7-5-4-6-8-10/h4-8H,2-3,9H2,1H3. The van der Waals surface area contributed by atoms with Crippen LogP contribution in [-0.2, 0) is 0 Å². The summed E-state index contributed by atoms with van der Waals surface area (Å²) in [4.78, 5) is 11.8. The van der Waals surface area contributed by atoms with E-state index >= 15 is 0 Å². The molecule has 0 bridgehead atoms. The Balaban J connectivity index is 2.89. The molecule has 1 nitrogen and oxygen atoms in total. The Kier molecular flexibility index (Phi) is 4.83. The number of ketones is 1. The predicted octanol–water partition coefficient (Wildman–Crippen LogP) is 4.21. The molecule has 0 amide bonds. The number of hydrogen-bond donors (Lipinski definition) is 0. The maximum Gasteiger partial charge on any atom is 0.277 e. The van der Waals surface area contributed by atoms with Crippen LogP contribution < -0.4 is 0 Å². The van der Waals surface area contributed by atoms with E-state index in [-0.39, 0.29) is 12.0 Å². The molecule has 16 heavy (non-hydrogen) atoms. The van der Waals surface area contributed by atoms with Gasteiger partial charge in [0.2, 0.25) is 0 Å². The van der Waals surface area contributed by atoms with Gasteiger partial charge in [-0.1, -0.05) is 43.7 Å². The number of unbranched alkanes of at least 4 members (excludes halogenated alkanes) is 1. The highest BCUT2D eigenvalue weighted by Gasteiger charge is 2.16. The van der Waals surface area contributed by atoms with E-state index in [1.54, 1.807) is 30.3 Å². The van der Waals surface area contributed by atoms with Crippen molar-refractivity contribution in [3.63, 3.8) is 0 Å². The zero-order valence-corrected chi connectivity index (χ0v) is 9.17. The van der Waals surface area contributed by atoms with Gasteiger partial charge in [-0.2, -0.15) is 8.78 Å². The van der Waals surface area contributed by atoms with Gasteiger partial charge in [0.1, 0.15) is 0 Å². The van der Waals surface area contributed by atoms with Crippen LogP contribution in [0.5, 0.6) is 0 Å². The smallest absolute Gasteiger partial charge is 0.277 e. The minimum Gasteiger partial charge on any atom is -0.289 e. The Morgan fingerprint density at radius 2 is 1.81 bits per heavy atom. The van der Waals surface area contributed by atoms with E-state index in [4.69, 9.17) is 0 Å². The van der Waals surface area contributed by atoms with Crippen LogP contribution in [0.1, 0.15) is 36.5 Å². The van der Waals surface area contributed by atoms with Crippen molar-refractivity contribution in [1.29, 1.82) is 0 Å². The van der Waals surface area contributed by atoms with Crippen LogP contribution in [0.15, 0.2) is 42.0 Å². The van der Waals surface area contributed by atoms with Gasteiger partial charge in [-0.15, -0.1) is 0 Å². The monoisotopic (exact) mass is 224 g/mol. The number of benzene rings is 1. The molecule has 0 radical (unpaired) electrons. The number of Topliss-reactive ketones (excluding diaryl/α,β-unsaturated/α-hetero) is 1. The van der Waals surface area contributed by atoms with Gasteiger partial charge in [0, 0.05) is 5.56 Å². The molecule has 1 aromatic carbocycles. The first kappa shape index (κ1) is 12.6. The Hall–Kier alpha value is -1.51. The molecule has 0 N–H and O–H groups in total. The van der Waals surface area contributed by atoms with Gasteiger partial charge < -0.3 is 0 Å². The second-order valence-electron chi connectivity index (χ2n) is 3.54. The highest BCUT2D eigenvalue weighted by molar-refractivity contribution is 6.08. The van der Waals surface area contributed by atoms with E-state index in [2.05, 4.69) is 0 Å². The van der Waals surface area contributed by atoms with E-state index in [0.717, 1.165) is 6.42 Å². The van der Waals surface area contributed by atoms with Crippen LogP contribution in [0.3, 0.4) is 0 Å². The Morgan fingerprint density at radius 1 is 1.19 bits per heavy atom. The number of rotatable bonds is 5. The molecule has 0 saturated carbocycles. The average Bonchev–Trinajstić information content (AvgIpc) is 2.30. The van der Waals surface area contributed by atoms with Crippen molar-refractivity contribution < 1.29 is 13.6 Å². The van der Waals surface area contributed by atoms with Crippen LogP contribution in [0.2, 0.25) is 0 Å². The first-order chi connectivity index (χ1) is 7.66. The van der Waals surface area contributed by atoms with Crippen molar-refractivity contribution in [2.75, 3.05) is 0 Å². The summed E-state index contributed by atoms with van der Waals surface area (Å²) in [6, 6.07) is 8.19. The third-order valence-electron chi connectivity index (χ3n) is 2.32. The van der Waals surface area contributed by atoms with Crippen molar-refractivity contribution in [2.45, 2.75) is 26.2 Å². The number of hydrogen-bond acceptors (Lipinski definition) is 1. The maximum atomic E-state index is 12.6. The van der Waals surface area contributed by atoms with Gasteiger partial charge in [0.05, 0.1) is 5.57 Å². The molecule has 0 heterocycles. The molecule has 0 atom stereocenters. The van der Waals surface area contributed by atoms with Crippen LogP contribution in [0.25, 0.3) is 0 Å². The summed E-state index contributed by atoms with van der Waals surface area (Å²) in [5, 5.41) is 0. The molecule has 0 unspecified atom stereocenters. The molecule has 0 aliphatic heterocycles. The fourth-order valence-electron chi connectivity index (χ4n) is 1.41. The van der Waals surface area contributed by atoms with Gasteiger partial charge in [0.25, 0.3) is 6.08 Å². The third kappa shape index (κ3) is 3.26. The first-order valence-electron chi connectivity index (χ1n) is 5.30. The minimum absolute atomic E-state index is 0.145. The molecule has 86 valence electrons.